The van der Waals surface area contributed by atoms with Gasteiger partial charge in [-0.05, 0) is 0 Å². The Morgan fingerprint density at radius 3 is 2.25 bits per heavy atom. The molecule has 16 heavy (non-hydrogen) atoms. The summed E-state index contributed by atoms with van der Waals surface area (Å²) in [6, 6.07) is 1.56. The number of aromatic hydroxyl groups is 3. The van der Waals surface area contributed by atoms with Crippen LogP contribution in [-0.2, 0) is 0 Å². The second-order valence-corrected chi connectivity index (χ2v) is 2.97. The SMILES string of the molecule is O=C(NCCO)Nc1cc(O)c(O)c(O)c1. The van der Waals surface area contributed by atoms with Crippen molar-refractivity contribution in [2.75, 3.05) is 18.5 Å². The molecule has 0 saturated carbocycles. The zero-order valence-electron chi connectivity index (χ0n) is 8.27. The van der Waals surface area contributed by atoms with Gasteiger partial charge in [0.1, 0.15) is 0 Å². The number of urea groups is 1. The number of anilines is 1. The highest BCUT2D eigenvalue weighted by atomic mass is 16.3. The van der Waals surface area contributed by atoms with Gasteiger partial charge in [-0.3, -0.25) is 0 Å². The van der Waals surface area contributed by atoms with Gasteiger partial charge in [0.15, 0.2) is 17.2 Å². The minimum atomic E-state index is -0.652. The Morgan fingerprint density at radius 1 is 1.19 bits per heavy atom. The van der Waals surface area contributed by atoms with Crippen LogP contribution in [0.25, 0.3) is 0 Å². The number of aliphatic hydroxyl groups excluding tert-OH is 1. The monoisotopic (exact) mass is 228 g/mol. The van der Waals surface area contributed by atoms with E-state index in [1.165, 1.54) is 0 Å². The maximum atomic E-state index is 11.1. The lowest BCUT2D eigenvalue weighted by molar-refractivity contribution is 0.245. The zero-order chi connectivity index (χ0) is 12.1. The highest BCUT2D eigenvalue weighted by Gasteiger charge is 2.09. The molecule has 0 aromatic heterocycles. The number of phenols is 3. The van der Waals surface area contributed by atoms with Crippen LogP contribution in [0.15, 0.2) is 12.1 Å². The highest BCUT2D eigenvalue weighted by molar-refractivity contribution is 5.90. The molecule has 0 spiro atoms. The summed E-state index contributed by atoms with van der Waals surface area (Å²) in [7, 11) is 0. The number of rotatable bonds is 3. The van der Waals surface area contributed by atoms with Crippen LogP contribution < -0.4 is 10.6 Å². The molecule has 0 atom stereocenters. The molecule has 0 unspecified atom stereocenters. The number of hydrogen-bond acceptors (Lipinski definition) is 5. The Kier molecular flexibility index (Phi) is 3.78. The van der Waals surface area contributed by atoms with Crippen LogP contribution in [0.5, 0.6) is 17.2 Å². The van der Waals surface area contributed by atoms with Gasteiger partial charge in [-0.15, -0.1) is 0 Å². The molecular formula is C9H12N2O5. The molecule has 6 N–H and O–H groups in total. The van der Waals surface area contributed by atoms with E-state index < -0.39 is 23.3 Å². The smallest absolute Gasteiger partial charge is 0.319 e. The number of aliphatic hydroxyl groups is 1. The van der Waals surface area contributed by atoms with Gasteiger partial charge in [0.25, 0.3) is 0 Å². The number of hydrogen-bond donors (Lipinski definition) is 6. The van der Waals surface area contributed by atoms with Crippen molar-refractivity contribution in [1.29, 1.82) is 0 Å². The van der Waals surface area contributed by atoms with Gasteiger partial charge >= 0.3 is 6.03 Å². The third kappa shape index (κ3) is 2.92. The lowest BCUT2D eigenvalue weighted by atomic mass is 10.2. The Bertz CT molecular complexity index is 370. The molecule has 1 rings (SSSR count). The minimum Gasteiger partial charge on any atom is -0.504 e. The summed E-state index contributed by atoms with van der Waals surface area (Å²) in [6.07, 6.45) is 0. The van der Waals surface area contributed by atoms with Crippen LogP contribution in [0.3, 0.4) is 0 Å². The molecule has 88 valence electrons. The first-order chi connectivity index (χ1) is 7.54. The maximum Gasteiger partial charge on any atom is 0.319 e. The summed E-state index contributed by atoms with van der Waals surface area (Å²) in [4.78, 5) is 11.1. The minimum absolute atomic E-state index is 0.0852. The average Bonchev–Trinajstić information content (AvgIpc) is 2.23. The summed E-state index contributed by atoms with van der Waals surface area (Å²) >= 11 is 0. The molecule has 0 aliphatic heterocycles. The van der Waals surface area contributed by atoms with Crippen molar-refractivity contribution in [3.63, 3.8) is 0 Å². The number of phenolic OH excluding ortho intramolecular Hbond substituents is 3. The van der Waals surface area contributed by atoms with Gasteiger partial charge in [-0.2, -0.15) is 0 Å². The fourth-order valence-corrected chi connectivity index (χ4v) is 1.02. The third-order valence-corrected chi connectivity index (χ3v) is 1.72. The topological polar surface area (TPSA) is 122 Å². The molecule has 0 bridgehead atoms. The second-order valence-electron chi connectivity index (χ2n) is 2.97. The predicted molar refractivity (Wildman–Crippen MR) is 55.5 cm³/mol. The van der Waals surface area contributed by atoms with Gasteiger partial charge in [0.2, 0.25) is 0 Å². The van der Waals surface area contributed by atoms with E-state index in [0.717, 1.165) is 12.1 Å². The van der Waals surface area contributed by atoms with Crippen molar-refractivity contribution in [3.8, 4) is 17.2 Å². The Hall–Kier alpha value is -2.15. The fraction of sp³-hybridized carbons (Fsp3) is 0.222. The van der Waals surface area contributed by atoms with E-state index in [2.05, 4.69) is 10.6 Å². The Morgan fingerprint density at radius 2 is 1.75 bits per heavy atom. The van der Waals surface area contributed by atoms with E-state index in [1.807, 2.05) is 0 Å². The summed E-state index contributed by atoms with van der Waals surface area (Å²) in [5.74, 6) is -1.74. The van der Waals surface area contributed by atoms with Crippen molar-refractivity contribution >= 4 is 11.7 Å². The average molecular weight is 228 g/mol. The molecule has 0 fully saturated rings. The molecule has 0 saturated heterocycles. The standard InChI is InChI=1S/C9H12N2O5/c12-2-1-10-9(16)11-5-3-6(13)8(15)7(14)4-5/h3-4,12-15H,1-2H2,(H2,10,11,16). The first-order valence-electron chi connectivity index (χ1n) is 4.45. The lowest BCUT2D eigenvalue weighted by Crippen LogP contribution is -2.30. The number of nitrogens with one attached hydrogen (secondary N) is 2. The van der Waals surface area contributed by atoms with Crippen LogP contribution in [0.2, 0.25) is 0 Å². The number of amides is 2. The molecule has 0 aliphatic rings. The molecule has 7 heteroatoms. The summed E-state index contributed by atoms with van der Waals surface area (Å²) in [5, 5.41) is 40.4. The van der Waals surface area contributed by atoms with Gasteiger partial charge in [-0.1, -0.05) is 0 Å². The maximum absolute atomic E-state index is 11.1. The van der Waals surface area contributed by atoms with E-state index >= 15 is 0 Å². The number of benzene rings is 1. The Labute approximate surface area is 91.0 Å². The van der Waals surface area contributed by atoms with Gasteiger partial charge in [0.05, 0.1) is 12.3 Å². The van der Waals surface area contributed by atoms with Crippen molar-refractivity contribution in [2.24, 2.45) is 0 Å². The van der Waals surface area contributed by atoms with Crippen LogP contribution in [0.1, 0.15) is 0 Å². The quantitative estimate of drug-likeness (QED) is 0.319. The van der Waals surface area contributed by atoms with E-state index in [1.54, 1.807) is 0 Å². The number of carbonyl (C=O) groups excluding carboxylic acids is 1. The summed E-state index contributed by atoms with van der Waals surface area (Å²) in [5.41, 5.74) is 0.114. The third-order valence-electron chi connectivity index (χ3n) is 1.72. The second kappa shape index (κ2) is 5.08. The molecule has 0 radical (unpaired) electrons. The van der Waals surface area contributed by atoms with Crippen LogP contribution >= 0.6 is 0 Å². The van der Waals surface area contributed by atoms with E-state index in [4.69, 9.17) is 20.4 Å². The van der Waals surface area contributed by atoms with Crippen molar-refractivity contribution in [3.05, 3.63) is 12.1 Å². The van der Waals surface area contributed by atoms with Crippen LogP contribution in [-0.4, -0.2) is 39.6 Å². The first-order valence-corrected chi connectivity index (χ1v) is 4.45. The molecule has 7 nitrogen and oxygen atoms in total. The van der Waals surface area contributed by atoms with E-state index in [0.29, 0.717) is 0 Å². The van der Waals surface area contributed by atoms with Crippen molar-refractivity contribution < 1.29 is 25.2 Å². The van der Waals surface area contributed by atoms with Crippen LogP contribution in [0, 0.1) is 0 Å². The Balaban J connectivity index is 2.71. The molecule has 1 aromatic carbocycles. The van der Waals surface area contributed by atoms with Crippen molar-refractivity contribution in [1.82, 2.24) is 5.32 Å². The first kappa shape index (κ1) is 11.9. The highest BCUT2D eigenvalue weighted by Crippen LogP contribution is 2.37. The van der Waals surface area contributed by atoms with E-state index in [-0.39, 0.29) is 18.8 Å². The van der Waals surface area contributed by atoms with Gasteiger partial charge in [-0.25, -0.2) is 4.79 Å². The summed E-state index contributed by atoms with van der Waals surface area (Å²) < 4.78 is 0. The molecular weight excluding hydrogens is 216 g/mol. The largest absolute Gasteiger partial charge is 0.504 e. The van der Waals surface area contributed by atoms with Crippen LogP contribution in [0.4, 0.5) is 10.5 Å². The van der Waals surface area contributed by atoms with Crippen molar-refractivity contribution in [2.45, 2.75) is 0 Å². The van der Waals surface area contributed by atoms with E-state index in [9.17, 15) is 4.79 Å². The fourth-order valence-electron chi connectivity index (χ4n) is 1.02. The molecule has 1 aromatic rings. The molecule has 0 heterocycles. The normalized spacial score (nSPS) is 9.81. The number of carbonyl (C=O) groups is 1. The molecule has 0 aliphatic carbocycles. The lowest BCUT2D eigenvalue weighted by Gasteiger charge is -2.08. The predicted octanol–water partition coefficient (Wildman–Crippen LogP) is -0.0828. The zero-order valence-corrected chi connectivity index (χ0v) is 8.27. The summed E-state index contributed by atoms with van der Waals surface area (Å²) in [6.45, 7) is -0.110. The van der Waals surface area contributed by atoms with Gasteiger partial charge in [0, 0.05) is 18.7 Å². The van der Waals surface area contributed by atoms with Gasteiger partial charge < -0.3 is 31.1 Å². The molecule has 2 amide bonds.